The van der Waals surface area contributed by atoms with E-state index in [-0.39, 0.29) is 28.7 Å². The summed E-state index contributed by atoms with van der Waals surface area (Å²) in [6, 6.07) is 4.28. The van der Waals surface area contributed by atoms with Gasteiger partial charge in [0.05, 0.1) is 34.3 Å². The van der Waals surface area contributed by atoms with Gasteiger partial charge in [-0.15, -0.1) is 0 Å². The van der Waals surface area contributed by atoms with Gasteiger partial charge in [-0.1, -0.05) is 0 Å². The molecule has 1 saturated carbocycles. The molecule has 1 amide bonds. The monoisotopic (exact) mass is 608 g/mol. The summed E-state index contributed by atoms with van der Waals surface area (Å²) in [5.41, 5.74) is 10.5. The SMILES string of the molecule is CN(C)c1cc(-c2ccc(F)cc2F)c(O)c2c1C[C@@]1(N)C[C@@]3(N)[C@H](N(C)C)C(=O)C(C(N)=O)=C(O)[C@@]3(C#N)C(=O)C1=C2O. The number of ketones is 2. The van der Waals surface area contributed by atoms with E-state index in [1.54, 1.807) is 25.1 Å². The summed E-state index contributed by atoms with van der Waals surface area (Å²) in [5.74, 6) is -8.42. The van der Waals surface area contributed by atoms with Crippen molar-refractivity contribution in [3.05, 3.63) is 63.9 Å². The lowest BCUT2D eigenvalue weighted by Crippen LogP contribution is -2.80. The zero-order valence-corrected chi connectivity index (χ0v) is 24.2. The highest BCUT2D eigenvalue weighted by Gasteiger charge is 2.74. The number of aromatic hydroxyl groups is 1. The van der Waals surface area contributed by atoms with E-state index in [1.807, 2.05) is 0 Å². The van der Waals surface area contributed by atoms with Gasteiger partial charge < -0.3 is 37.4 Å². The average molecular weight is 609 g/mol. The number of carbonyl (C=O) groups excluding carboxylic acids is 3. The molecule has 0 unspecified atom stereocenters. The maximum absolute atomic E-state index is 14.9. The summed E-state index contributed by atoms with van der Waals surface area (Å²) in [7, 11) is 6.10. The molecule has 3 aliphatic rings. The van der Waals surface area contributed by atoms with Gasteiger partial charge in [0, 0.05) is 37.0 Å². The molecule has 4 atom stereocenters. The van der Waals surface area contributed by atoms with Crippen LogP contribution in [0.5, 0.6) is 5.75 Å². The number of likely N-dealkylation sites (N-methyl/N-ethyl adjacent to an activating group) is 1. The maximum Gasteiger partial charge on any atom is 0.255 e. The highest BCUT2D eigenvalue weighted by atomic mass is 19.1. The summed E-state index contributed by atoms with van der Waals surface area (Å²) >= 11 is 0. The van der Waals surface area contributed by atoms with Crippen molar-refractivity contribution < 1.29 is 38.5 Å². The van der Waals surface area contributed by atoms with Gasteiger partial charge in [-0.2, -0.15) is 5.26 Å². The van der Waals surface area contributed by atoms with E-state index < -0.39 is 86.5 Å². The van der Waals surface area contributed by atoms with Gasteiger partial charge in [-0.3, -0.25) is 19.3 Å². The molecule has 3 aliphatic carbocycles. The number of phenolic OH excluding ortho intramolecular Hbond substituents is 1. The largest absolute Gasteiger partial charge is 0.509 e. The van der Waals surface area contributed by atoms with Gasteiger partial charge >= 0.3 is 0 Å². The Bertz CT molecular complexity index is 1810. The Morgan fingerprint density at radius 1 is 1.07 bits per heavy atom. The predicted octanol–water partition coefficient (Wildman–Crippen LogP) is 0.917. The Labute approximate surface area is 250 Å². The first kappa shape index (κ1) is 30.6. The third kappa shape index (κ3) is 3.66. The number of nitrogens with zero attached hydrogens (tertiary/aromatic N) is 3. The number of benzene rings is 2. The van der Waals surface area contributed by atoms with Crippen molar-refractivity contribution in [3.63, 3.8) is 0 Å². The first-order chi connectivity index (χ1) is 20.4. The lowest BCUT2D eigenvalue weighted by molar-refractivity contribution is -0.139. The zero-order chi connectivity index (χ0) is 32.8. The van der Waals surface area contributed by atoms with Crippen LogP contribution in [0.15, 0.2) is 41.2 Å². The molecule has 230 valence electrons. The van der Waals surface area contributed by atoms with Crippen LogP contribution in [0.2, 0.25) is 0 Å². The minimum atomic E-state index is -2.81. The highest BCUT2D eigenvalue weighted by Crippen LogP contribution is 2.59. The third-order valence-corrected chi connectivity index (χ3v) is 8.93. The lowest BCUT2D eigenvalue weighted by atomic mass is 9.47. The number of nitriles is 1. The van der Waals surface area contributed by atoms with E-state index in [2.05, 4.69) is 0 Å². The van der Waals surface area contributed by atoms with Gasteiger partial charge in [0.25, 0.3) is 5.91 Å². The summed E-state index contributed by atoms with van der Waals surface area (Å²) < 4.78 is 28.6. The van der Waals surface area contributed by atoms with Crippen LogP contribution in [0, 0.1) is 28.4 Å². The summed E-state index contributed by atoms with van der Waals surface area (Å²) in [6.07, 6.45) is -0.812. The van der Waals surface area contributed by atoms with Crippen LogP contribution in [0.25, 0.3) is 16.9 Å². The number of hydrogen-bond acceptors (Lipinski definition) is 11. The molecule has 0 heterocycles. The lowest BCUT2D eigenvalue weighted by Gasteiger charge is -2.58. The molecule has 1 fully saturated rings. The molecule has 5 rings (SSSR count). The van der Waals surface area contributed by atoms with Gasteiger partial charge in [0.2, 0.25) is 0 Å². The molecule has 0 bridgehead atoms. The minimum absolute atomic E-state index is 0.150. The topological polar surface area (TPSA) is 220 Å². The number of fused-ring (bicyclic) bond motifs is 3. The average Bonchev–Trinajstić information content (AvgIpc) is 2.88. The predicted molar refractivity (Wildman–Crippen MR) is 154 cm³/mol. The van der Waals surface area contributed by atoms with Crippen LogP contribution in [0.1, 0.15) is 17.5 Å². The maximum atomic E-state index is 14.9. The number of aliphatic hydroxyl groups is 2. The quantitative estimate of drug-likeness (QED) is 0.268. The zero-order valence-electron chi connectivity index (χ0n) is 24.2. The van der Waals surface area contributed by atoms with Crippen molar-refractivity contribution in [1.82, 2.24) is 4.90 Å². The van der Waals surface area contributed by atoms with Crippen LogP contribution < -0.4 is 22.1 Å². The summed E-state index contributed by atoms with van der Waals surface area (Å²) in [5, 5.41) is 45.1. The number of nitrogens with two attached hydrogens (primary N) is 3. The van der Waals surface area contributed by atoms with Crippen molar-refractivity contribution in [2.24, 2.45) is 22.6 Å². The van der Waals surface area contributed by atoms with E-state index in [0.29, 0.717) is 11.8 Å². The van der Waals surface area contributed by atoms with E-state index in [0.717, 1.165) is 12.1 Å². The van der Waals surface area contributed by atoms with Crippen molar-refractivity contribution in [1.29, 1.82) is 5.26 Å². The highest BCUT2D eigenvalue weighted by molar-refractivity contribution is 6.25. The van der Waals surface area contributed by atoms with E-state index in [4.69, 9.17) is 17.2 Å². The number of amides is 1. The number of halogens is 2. The number of Topliss-reactive ketones (excluding diaryl/α,β-unsaturated/α-hetero) is 2. The molecule has 0 radical (unpaired) electrons. The number of phenols is 1. The van der Waals surface area contributed by atoms with Crippen molar-refractivity contribution >= 4 is 28.9 Å². The minimum Gasteiger partial charge on any atom is -0.509 e. The van der Waals surface area contributed by atoms with Gasteiger partial charge in [-0.25, -0.2) is 8.78 Å². The van der Waals surface area contributed by atoms with E-state index >= 15 is 0 Å². The Balaban J connectivity index is 1.89. The second kappa shape index (κ2) is 9.58. The van der Waals surface area contributed by atoms with Crippen LogP contribution in [-0.4, -0.2) is 83.0 Å². The Hall–Kier alpha value is -4.84. The smallest absolute Gasteiger partial charge is 0.255 e. The molecule has 2 aromatic carbocycles. The van der Waals surface area contributed by atoms with Crippen LogP contribution in [0.4, 0.5) is 14.5 Å². The Kier molecular flexibility index (Phi) is 6.67. The van der Waals surface area contributed by atoms with E-state index in [9.17, 15) is 43.7 Å². The molecule has 14 heteroatoms. The fourth-order valence-electron chi connectivity index (χ4n) is 7.19. The normalized spacial score (nSPS) is 28.0. The van der Waals surface area contributed by atoms with Gasteiger partial charge in [0.1, 0.15) is 34.5 Å². The van der Waals surface area contributed by atoms with Gasteiger partial charge in [0.15, 0.2) is 17.0 Å². The summed E-state index contributed by atoms with van der Waals surface area (Å²) in [6.45, 7) is 0. The van der Waals surface area contributed by atoms with Crippen molar-refractivity contribution in [2.75, 3.05) is 33.1 Å². The molecule has 0 spiro atoms. The number of carbonyl (C=O) groups is 3. The molecule has 0 aromatic heterocycles. The molecule has 0 aliphatic heterocycles. The molecular weight excluding hydrogens is 578 g/mol. The number of rotatable bonds is 4. The standard InChI is InChI=1S/C30H30F2N6O6/c1-37(2)17-8-14(13-6-5-12(31)7-16(13)32)21(39)18-15(17)9-28(35)10-30(36)24(38(3)4)23(41)19(27(34)44)25(42)29(30,11-33)26(43)20(28)22(18)40/h5-8,24,39-40,42H,9-10,35-36H2,1-4H3,(H2,34,44)/t24-,28-,29+,30-/m1/s1. The first-order valence-corrected chi connectivity index (χ1v) is 13.3. The van der Waals surface area contributed by atoms with Crippen molar-refractivity contribution in [3.8, 4) is 22.9 Å². The van der Waals surface area contributed by atoms with E-state index in [1.165, 1.54) is 25.1 Å². The number of anilines is 1. The third-order valence-electron chi connectivity index (χ3n) is 8.93. The summed E-state index contributed by atoms with van der Waals surface area (Å²) in [4.78, 5) is 43.3. The second-order valence-electron chi connectivity index (χ2n) is 11.9. The second-order valence-corrected chi connectivity index (χ2v) is 11.9. The number of aliphatic hydroxyl groups excluding tert-OH is 2. The Morgan fingerprint density at radius 2 is 1.70 bits per heavy atom. The molecule has 44 heavy (non-hydrogen) atoms. The molecule has 2 aromatic rings. The fraction of sp³-hybridized carbons (Fsp3) is 0.333. The van der Waals surface area contributed by atoms with Crippen LogP contribution in [-0.2, 0) is 20.8 Å². The van der Waals surface area contributed by atoms with Gasteiger partial charge in [-0.05, 0) is 50.7 Å². The number of hydrogen-bond donors (Lipinski definition) is 6. The first-order valence-electron chi connectivity index (χ1n) is 13.3. The fourth-order valence-corrected chi connectivity index (χ4v) is 7.19. The molecular formula is C30H30F2N6O6. The molecule has 12 nitrogen and oxygen atoms in total. The molecule has 9 N–H and O–H groups in total. The Morgan fingerprint density at radius 3 is 2.23 bits per heavy atom. The van der Waals surface area contributed by atoms with Crippen molar-refractivity contribution in [2.45, 2.75) is 30.0 Å². The molecule has 0 saturated heterocycles. The number of primary amides is 1. The van der Waals surface area contributed by atoms with Crippen LogP contribution in [0.3, 0.4) is 0 Å². The van der Waals surface area contributed by atoms with Crippen LogP contribution >= 0.6 is 0 Å².